The van der Waals surface area contributed by atoms with Crippen LogP contribution in [0.5, 0.6) is 5.75 Å². The van der Waals surface area contributed by atoms with Gasteiger partial charge in [-0.25, -0.2) is 5.90 Å². The summed E-state index contributed by atoms with van der Waals surface area (Å²) in [6, 6.07) is 5.64. The van der Waals surface area contributed by atoms with E-state index in [1.165, 1.54) is 0 Å². The van der Waals surface area contributed by atoms with Gasteiger partial charge in [-0.1, -0.05) is 6.07 Å². The predicted octanol–water partition coefficient (Wildman–Crippen LogP) is 1.67. The number of quaternary nitrogens is 1. The summed E-state index contributed by atoms with van der Waals surface area (Å²) in [7, 11) is 0. The zero-order valence-corrected chi connectivity index (χ0v) is 9.14. The third-order valence-electron chi connectivity index (χ3n) is 1.64. The number of hydrogen-bond donors (Lipinski definition) is 1. The van der Waals surface area contributed by atoms with Crippen LogP contribution in [0.4, 0.5) is 0 Å². The van der Waals surface area contributed by atoms with Crippen LogP contribution in [0.25, 0.3) is 0 Å². The molecule has 3 nitrogen and oxygen atoms in total. The lowest BCUT2D eigenvalue weighted by atomic mass is 10.1. The van der Waals surface area contributed by atoms with Crippen LogP contribution < -0.4 is 10.6 Å². The molecule has 1 aromatic rings. The molecule has 0 amide bonds. The van der Waals surface area contributed by atoms with Crippen LogP contribution >= 0.6 is 23.2 Å². The minimum Gasteiger partial charge on any atom is -0.462 e. The van der Waals surface area contributed by atoms with Crippen molar-refractivity contribution in [1.82, 2.24) is 0 Å². The largest absolute Gasteiger partial charge is 0.462 e. The van der Waals surface area contributed by atoms with Crippen LogP contribution in [-0.4, -0.2) is 6.79 Å². The van der Waals surface area contributed by atoms with Gasteiger partial charge in [-0.05, 0) is 23.3 Å². The molecule has 78 valence electrons. The van der Waals surface area contributed by atoms with Crippen molar-refractivity contribution in [3.8, 4) is 5.75 Å². The van der Waals surface area contributed by atoms with Gasteiger partial charge in [0, 0.05) is 11.8 Å². The third-order valence-corrected chi connectivity index (χ3v) is 2.26. The second-order valence-electron chi connectivity index (χ2n) is 2.72. The molecule has 3 N–H and O–H groups in total. The summed E-state index contributed by atoms with van der Waals surface area (Å²) in [5.41, 5.74) is 1.95. The molecule has 0 spiro atoms. The van der Waals surface area contributed by atoms with Crippen molar-refractivity contribution in [1.29, 1.82) is 0 Å². The molecule has 0 radical (unpaired) electrons. The van der Waals surface area contributed by atoms with Gasteiger partial charge in [0.05, 0.1) is 0 Å². The van der Waals surface area contributed by atoms with E-state index in [1.807, 2.05) is 18.2 Å². The molecule has 5 heteroatoms. The summed E-state index contributed by atoms with van der Waals surface area (Å²) < 4.78 is 5.24. The van der Waals surface area contributed by atoms with Gasteiger partial charge in [0.1, 0.15) is 5.75 Å². The number of ether oxygens (including phenoxy) is 1. The minimum atomic E-state index is 0.119. The van der Waals surface area contributed by atoms with Gasteiger partial charge in [0.15, 0.2) is 0 Å². The van der Waals surface area contributed by atoms with E-state index in [4.69, 9.17) is 27.9 Å². The molecule has 0 saturated carbocycles. The van der Waals surface area contributed by atoms with Crippen LogP contribution in [-0.2, 0) is 16.6 Å². The minimum absolute atomic E-state index is 0.119. The standard InChI is InChI=1S/C9H12Cl2NO2/c10-4-7-1-8(5-11)3-9(2-7)13-6-14-12/h1-3H,4-6H2,12H3/q+1. The second kappa shape index (κ2) is 6.09. The number of alkyl halides is 2. The molecule has 0 saturated heterocycles. The molecule has 0 aliphatic rings. The van der Waals surface area contributed by atoms with E-state index in [2.05, 4.69) is 10.7 Å². The fourth-order valence-electron chi connectivity index (χ4n) is 1.08. The van der Waals surface area contributed by atoms with Gasteiger partial charge in [-0.15, -0.1) is 23.2 Å². The first-order valence-corrected chi connectivity index (χ1v) is 5.11. The number of halogens is 2. The maximum Gasteiger partial charge on any atom is 0.244 e. The Kier molecular flexibility index (Phi) is 5.04. The van der Waals surface area contributed by atoms with E-state index in [9.17, 15) is 0 Å². The molecule has 14 heavy (non-hydrogen) atoms. The monoisotopic (exact) mass is 236 g/mol. The molecule has 0 bridgehead atoms. The summed E-state index contributed by atoms with van der Waals surface area (Å²) in [5.74, 6) is 4.78. The first kappa shape index (κ1) is 11.6. The molecule has 1 aromatic carbocycles. The Morgan fingerprint density at radius 3 is 2.07 bits per heavy atom. The van der Waals surface area contributed by atoms with Crippen molar-refractivity contribution >= 4 is 23.2 Å². The van der Waals surface area contributed by atoms with Crippen LogP contribution in [0.3, 0.4) is 0 Å². The molecule has 0 heterocycles. The Morgan fingerprint density at radius 1 is 1.07 bits per heavy atom. The van der Waals surface area contributed by atoms with Gasteiger partial charge < -0.3 is 4.74 Å². The molecule has 0 unspecified atom stereocenters. The average Bonchev–Trinajstić information content (AvgIpc) is 2.25. The number of hydrogen-bond acceptors (Lipinski definition) is 2. The fraction of sp³-hybridized carbons (Fsp3) is 0.333. The quantitative estimate of drug-likeness (QED) is 0.481. The highest BCUT2D eigenvalue weighted by Gasteiger charge is 2.01. The second-order valence-corrected chi connectivity index (χ2v) is 3.25. The molecule has 0 aromatic heterocycles. The molecular formula is C9H12Cl2NO2+. The summed E-state index contributed by atoms with van der Waals surface area (Å²) in [5, 5.41) is 0. The predicted molar refractivity (Wildman–Crippen MR) is 55.0 cm³/mol. The highest BCUT2D eigenvalue weighted by molar-refractivity contribution is 6.17. The first-order chi connectivity index (χ1) is 6.80. The highest BCUT2D eigenvalue weighted by Crippen LogP contribution is 2.19. The summed E-state index contributed by atoms with van der Waals surface area (Å²) >= 11 is 11.4. The van der Waals surface area contributed by atoms with Gasteiger partial charge in [-0.2, -0.15) is 4.84 Å². The lowest BCUT2D eigenvalue weighted by Gasteiger charge is -2.06. The third kappa shape index (κ3) is 3.35. The van der Waals surface area contributed by atoms with E-state index in [-0.39, 0.29) is 6.79 Å². The van der Waals surface area contributed by atoms with E-state index < -0.39 is 0 Å². The molecule has 0 aliphatic heterocycles. The Balaban J connectivity index is 2.81. The van der Waals surface area contributed by atoms with E-state index >= 15 is 0 Å². The Hall–Kier alpha value is -0.480. The lowest BCUT2D eigenvalue weighted by molar-refractivity contribution is -0.698. The Labute approximate surface area is 92.7 Å². The molecule has 0 aliphatic carbocycles. The van der Waals surface area contributed by atoms with Crippen LogP contribution in [0.1, 0.15) is 11.1 Å². The van der Waals surface area contributed by atoms with E-state index in [1.54, 1.807) is 0 Å². The maximum absolute atomic E-state index is 5.72. The van der Waals surface area contributed by atoms with Crippen LogP contribution in [0.2, 0.25) is 0 Å². The Bertz CT molecular complexity index is 272. The normalized spacial score (nSPS) is 10.2. The summed E-state index contributed by atoms with van der Waals surface area (Å²) in [6.07, 6.45) is 0. The molecule has 0 fully saturated rings. The molecule has 0 atom stereocenters. The Morgan fingerprint density at radius 2 is 1.64 bits per heavy atom. The van der Waals surface area contributed by atoms with Crippen LogP contribution in [0, 0.1) is 0 Å². The average molecular weight is 237 g/mol. The van der Waals surface area contributed by atoms with Gasteiger partial charge in [0.25, 0.3) is 0 Å². The number of benzene rings is 1. The van der Waals surface area contributed by atoms with Crippen molar-refractivity contribution in [3.63, 3.8) is 0 Å². The maximum atomic E-state index is 5.72. The van der Waals surface area contributed by atoms with E-state index in [0.717, 1.165) is 11.1 Å². The summed E-state index contributed by atoms with van der Waals surface area (Å²) in [4.78, 5) is 4.55. The zero-order valence-electron chi connectivity index (χ0n) is 7.63. The smallest absolute Gasteiger partial charge is 0.244 e. The van der Waals surface area contributed by atoms with Crippen LogP contribution in [0.15, 0.2) is 18.2 Å². The lowest BCUT2D eigenvalue weighted by Crippen LogP contribution is -2.49. The van der Waals surface area contributed by atoms with Crippen molar-refractivity contribution in [3.05, 3.63) is 29.3 Å². The number of rotatable bonds is 5. The topological polar surface area (TPSA) is 46.1 Å². The molecule has 1 rings (SSSR count). The first-order valence-electron chi connectivity index (χ1n) is 4.04. The van der Waals surface area contributed by atoms with Crippen molar-refractivity contribution in [2.75, 3.05) is 6.79 Å². The van der Waals surface area contributed by atoms with Gasteiger partial charge >= 0.3 is 0 Å². The van der Waals surface area contributed by atoms with Crippen molar-refractivity contribution < 1.29 is 15.5 Å². The SMILES string of the molecule is [NH3+]OCOc1cc(CCl)cc(CCl)c1. The van der Waals surface area contributed by atoms with E-state index in [0.29, 0.717) is 17.5 Å². The molecular weight excluding hydrogens is 225 g/mol. The van der Waals surface area contributed by atoms with Gasteiger partial charge in [0.2, 0.25) is 6.79 Å². The van der Waals surface area contributed by atoms with Crippen molar-refractivity contribution in [2.45, 2.75) is 11.8 Å². The van der Waals surface area contributed by atoms with Gasteiger partial charge in [-0.3, -0.25) is 0 Å². The highest BCUT2D eigenvalue weighted by atomic mass is 35.5. The summed E-state index contributed by atoms with van der Waals surface area (Å²) in [6.45, 7) is 0.119. The van der Waals surface area contributed by atoms with Crippen molar-refractivity contribution in [2.24, 2.45) is 0 Å². The fourth-order valence-corrected chi connectivity index (χ4v) is 1.38. The zero-order chi connectivity index (χ0) is 10.4.